The lowest BCUT2D eigenvalue weighted by Crippen LogP contribution is -2.35. The Morgan fingerprint density at radius 1 is 0.931 bits per heavy atom. The molecule has 0 spiro atoms. The molecule has 0 bridgehead atoms. The second-order valence-electron chi connectivity index (χ2n) is 6.91. The fraction of sp³-hybridized carbons (Fsp3) is 0.136. The highest BCUT2D eigenvalue weighted by Gasteiger charge is 2.33. The number of para-hydroxylation sites is 2. The Kier molecular flexibility index (Phi) is 4.49. The predicted molar refractivity (Wildman–Crippen MR) is 116 cm³/mol. The molecule has 0 saturated heterocycles. The maximum absolute atomic E-state index is 13.8. The van der Waals surface area contributed by atoms with Crippen molar-refractivity contribution in [3.63, 3.8) is 0 Å². The summed E-state index contributed by atoms with van der Waals surface area (Å²) in [6, 6.07) is 21.1. The molecule has 5 nitrogen and oxygen atoms in total. The molecule has 0 N–H and O–H groups in total. The van der Waals surface area contributed by atoms with Crippen molar-refractivity contribution >= 4 is 27.0 Å². The molecule has 2 aromatic carbocycles. The number of aryl methyl sites for hydroxylation is 1. The van der Waals surface area contributed by atoms with Gasteiger partial charge in [0.25, 0.3) is 10.0 Å². The number of hydrogen-bond donors (Lipinski definition) is 0. The van der Waals surface area contributed by atoms with E-state index in [4.69, 9.17) is 0 Å². The number of aromatic nitrogens is 2. The lowest BCUT2D eigenvalue weighted by atomic mass is 10.0. The van der Waals surface area contributed by atoms with Gasteiger partial charge in [-0.25, -0.2) is 13.1 Å². The minimum absolute atomic E-state index is 0.237. The van der Waals surface area contributed by atoms with E-state index >= 15 is 0 Å². The zero-order valence-corrected chi connectivity index (χ0v) is 17.2. The molecule has 5 rings (SSSR count). The number of thiophene rings is 1. The van der Waals surface area contributed by atoms with Crippen LogP contribution in [0.5, 0.6) is 0 Å². The summed E-state index contributed by atoms with van der Waals surface area (Å²) in [6.07, 6.45) is 3.33. The number of hydrogen-bond acceptors (Lipinski definition) is 4. The zero-order chi connectivity index (χ0) is 19.8. The molecule has 1 aliphatic rings. The van der Waals surface area contributed by atoms with E-state index in [1.807, 2.05) is 72.1 Å². The topological polar surface area (TPSA) is 55.2 Å². The predicted octanol–water partition coefficient (Wildman–Crippen LogP) is 4.74. The van der Waals surface area contributed by atoms with Crippen LogP contribution in [0.1, 0.15) is 12.0 Å². The minimum Gasteiger partial charge on any atom is -0.266 e. The number of fused-ring (bicyclic) bond motifs is 1. The van der Waals surface area contributed by atoms with Gasteiger partial charge in [-0.05, 0) is 48.1 Å². The molecule has 0 aliphatic carbocycles. The highest BCUT2D eigenvalue weighted by molar-refractivity contribution is 7.93. The zero-order valence-electron chi connectivity index (χ0n) is 15.6. The Bertz CT molecular complexity index is 1250. The first-order valence-corrected chi connectivity index (χ1v) is 11.8. The molecular weight excluding hydrogens is 402 g/mol. The molecule has 29 heavy (non-hydrogen) atoms. The fourth-order valence-corrected chi connectivity index (χ4v) is 6.17. The van der Waals surface area contributed by atoms with Gasteiger partial charge >= 0.3 is 0 Å². The minimum atomic E-state index is -3.76. The van der Waals surface area contributed by atoms with Gasteiger partial charge in [-0.3, -0.25) is 4.31 Å². The monoisotopic (exact) mass is 421 g/mol. The van der Waals surface area contributed by atoms with Gasteiger partial charge in [-0.2, -0.15) is 5.10 Å². The maximum atomic E-state index is 13.8. The van der Waals surface area contributed by atoms with Crippen molar-refractivity contribution in [3.05, 3.63) is 83.9 Å². The molecule has 2 aromatic heterocycles. The van der Waals surface area contributed by atoms with E-state index in [2.05, 4.69) is 5.10 Å². The van der Waals surface area contributed by atoms with Gasteiger partial charge in [0.05, 0.1) is 22.4 Å². The van der Waals surface area contributed by atoms with Crippen molar-refractivity contribution in [2.75, 3.05) is 10.8 Å². The summed E-state index contributed by atoms with van der Waals surface area (Å²) >= 11 is 1.49. The van der Waals surface area contributed by atoms with Crippen LogP contribution in [-0.2, 0) is 16.4 Å². The molecule has 0 atom stereocenters. The second-order valence-corrected chi connectivity index (χ2v) is 9.69. The van der Waals surface area contributed by atoms with Gasteiger partial charge in [0.1, 0.15) is 10.6 Å². The summed E-state index contributed by atoms with van der Waals surface area (Å²) in [5.41, 5.74) is 3.15. The molecule has 0 saturated carbocycles. The molecule has 0 radical (unpaired) electrons. The molecule has 0 unspecified atom stereocenters. The summed E-state index contributed by atoms with van der Waals surface area (Å²) < 4.78 is 30.8. The van der Waals surface area contributed by atoms with E-state index in [1.165, 1.54) is 15.6 Å². The molecule has 146 valence electrons. The molecule has 0 amide bonds. The summed E-state index contributed by atoms with van der Waals surface area (Å²) in [4.78, 5) is 1.07. The van der Waals surface area contributed by atoms with Crippen LogP contribution in [0, 0.1) is 0 Å². The van der Waals surface area contributed by atoms with Crippen LogP contribution >= 0.6 is 11.3 Å². The van der Waals surface area contributed by atoms with E-state index < -0.39 is 10.0 Å². The van der Waals surface area contributed by atoms with Crippen molar-refractivity contribution < 1.29 is 8.42 Å². The van der Waals surface area contributed by atoms with E-state index in [-0.39, 0.29) is 4.90 Å². The maximum Gasteiger partial charge on any atom is 0.268 e. The SMILES string of the molecule is O=S(=O)(c1cn(-c2ccccc2)nc1-c1cccs1)N1CCCc2ccccc21. The number of sulfonamides is 1. The molecule has 7 heteroatoms. The van der Waals surface area contributed by atoms with Crippen LogP contribution in [0.4, 0.5) is 5.69 Å². The van der Waals surface area contributed by atoms with Gasteiger partial charge in [-0.15, -0.1) is 11.3 Å². The number of anilines is 1. The summed E-state index contributed by atoms with van der Waals surface area (Å²) in [5.74, 6) is 0. The van der Waals surface area contributed by atoms with Crippen molar-refractivity contribution in [1.29, 1.82) is 0 Å². The molecule has 4 aromatic rings. The summed E-state index contributed by atoms with van der Waals surface area (Å²) in [6.45, 7) is 0.472. The molecule has 3 heterocycles. The van der Waals surface area contributed by atoms with Crippen LogP contribution in [-0.4, -0.2) is 24.7 Å². The number of benzene rings is 2. The van der Waals surface area contributed by atoms with Crippen LogP contribution in [0.25, 0.3) is 16.3 Å². The van der Waals surface area contributed by atoms with Gasteiger partial charge in [0.2, 0.25) is 0 Å². The first-order valence-electron chi connectivity index (χ1n) is 9.44. The van der Waals surface area contributed by atoms with E-state index in [1.54, 1.807) is 10.9 Å². The van der Waals surface area contributed by atoms with Gasteiger partial charge in [0, 0.05) is 6.54 Å². The van der Waals surface area contributed by atoms with Crippen molar-refractivity contribution in [2.45, 2.75) is 17.7 Å². The van der Waals surface area contributed by atoms with E-state index in [9.17, 15) is 8.42 Å². The average molecular weight is 422 g/mol. The standard InChI is InChI=1S/C22H19N3O2S2/c26-29(27,25-14-6-9-17-8-4-5-12-19(17)25)21-16-24(18-10-2-1-3-11-18)23-22(21)20-13-7-15-28-20/h1-5,7-8,10-13,15-16H,6,9,14H2. The Morgan fingerprint density at radius 3 is 2.52 bits per heavy atom. The molecule has 0 fully saturated rings. The Labute approximate surface area is 173 Å². The highest BCUT2D eigenvalue weighted by Crippen LogP contribution is 2.36. The molecular formula is C22H19N3O2S2. The Balaban J connectivity index is 1.68. The third kappa shape index (κ3) is 3.16. The summed E-state index contributed by atoms with van der Waals surface area (Å²) in [5, 5.41) is 6.60. The first kappa shape index (κ1) is 18.1. The largest absolute Gasteiger partial charge is 0.268 e. The number of nitrogens with zero attached hydrogens (tertiary/aromatic N) is 3. The average Bonchev–Trinajstić information content (AvgIpc) is 3.44. The smallest absolute Gasteiger partial charge is 0.266 e. The Morgan fingerprint density at radius 2 is 1.72 bits per heavy atom. The van der Waals surface area contributed by atoms with Gasteiger partial charge < -0.3 is 0 Å². The normalized spacial score (nSPS) is 14.0. The van der Waals surface area contributed by atoms with Gasteiger partial charge in [-0.1, -0.05) is 42.5 Å². The van der Waals surface area contributed by atoms with Gasteiger partial charge in [0.15, 0.2) is 0 Å². The fourth-order valence-electron chi connectivity index (χ4n) is 3.71. The van der Waals surface area contributed by atoms with Crippen molar-refractivity contribution in [3.8, 4) is 16.3 Å². The van der Waals surface area contributed by atoms with E-state index in [0.717, 1.165) is 34.7 Å². The lowest BCUT2D eigenvalue weighted by molar-refractivity contribution is 0.587. The quantitative estimate of drug-likeness (QED) is 0.478. The van der Waals surface area contributed by atoms with Crippen LogP contribution in [0.15, 0.2) is 83.2 Å². The number of rotatable bonds is 4. The third-order valence-corrected chi connectivity index (χ3v) is 7.78. The lowest BCUT2D eigenvalue weighted by Gasteiger charge is -2.30. The van der Waals surface area contributed by atoms with Crippen molar-refractivity contribution in [1.82, 2.24) is 9.78 Å². The van der Waals surface area contributed by atoms with Crippen LogP contribution < -0.4 is 4.31 Å². The van der Waals surface area contributed by atoms with Crippen LogP contribution in [0.2, 0.25) is 0 Å². The Hall–Kier alpha value is -2.90. The second kappa shape index (κ2) is 7.17. The van der Waals surface area contributed by atoms with E-state index in [0.29, 0.717) is 12.2 Å². The molecule has 1 aliphatic heterocycles. The summed E-state index contributed by atoms with van der Waals surface area (Å²) in [7, 11) is -3.76. The van der Waals surface area contributed by atoms with Crippen molar-refractivity contribution in [2.24, 2.45) is 0 Å². The third-order valence-electron chi connectivity index (χ3n) is 5.09. The van der Waals surface area contributed by atoms with Crippen LogP contribution in [0.3, 0.4) is 0 Å². The first-order chi connectivity index (χ1) is 14.1. The highest BCUT2D eigenvalue weighted by atomic mass is 32.2.